The van der Waals surface area contributed by atoms with Crippen LogP contribution in [0.15, 0.2) is 18.2 Å². The van der Waals surface area contributed by atoms with Crippen LogP contribution in [0.5, 0.6) is 0 Å². The lowest BCUT2D eigenvalue weighted by Crippen LogP contribution is -2.19. The van der Waals surface area contributed by atoms with Gasteiger partial charge >= 0.3 is 0 Å². The lowest BCUT2D eigenvalue weighted by molar-refractivity contribution is 0.0963. The van der Waals surface area contributed by atoms with E-state index >= 15 is 0 Å². The summed E-state index contributed by atoms with van der Waals surface area (Å²) in [6.07, 6.45) is 0. The number of nitrogens with one attached hydrogen (secondary N) is 2. The number of hydrogen-bond acceptors (Lipinski definition) is 3. The van der Waals surface area contributed by atoms with Crippen LogP contribution in [0.25, 0.3) is 0 Å². The van der Waals surface area contributed by atoms with Gasteiger partial charge in [0.05, 0.1) is 11.4 Å². The first-order valence-corrected chi connectivity index (χ1v) is 6.88. The quantitative estimate of drug-likeness (QED) is 0.847. The van der Waals surface area contributed by atoms with Gasteiger partial charge in [0.25, 0.3) is 5.91 Å². The van der Waals surface area contributed by atoms with Crippen molar-refractivity contribution in [2.24, 2.45) is 0 Å². The Balaban J connectivity index is 3.03. The smallest absolute Gasteiger partial charge is 0.251 e. The van der Waals surface area contributed by atoms with E-state index < -0.39 is 10.0 Å². The van der Waals surface area contributed by atoms with Gasteiger partial charge in [-0.25, -0.2) is 8.42 Å². The van der Waals surface area contributed by atoms with Crippen LogP contribution in [0, 0.1) is 6.92 Å². The molecule has 0 saturated carbocycles. The summed E-state index contributed by atoms with van der Waals surface area (Å²) in [6.45, 7) is 3.32. The van der Waals surface area contributed by atoms with Gasteiger partial charge in [-0.15, -0.1) is 0 Å². The summed E-state index contributed by atoms with van der Waals surface area (Å²) in [4.78, 5) is 11.4. The highest BCUT2D eigenvalue weighted by Gasteiger charge is 2.10. The number of carbonyl (C=O) groups excluding carboxylic acids is 1. The Hall–Kier alpha value is -1.56. The van der Waals surface area contributed by atoms with Crippen LogP contribution in [0.4, 0.5) is 5.69 Å². The van der Waals surface area contributed by atoms with Gasteiger partial charge in [-0.3, -0.25) is 9.52 Å². The van der Waals surface area contributed by atoms with Gasteiger partial charge < -0.3 is 5.32 Å². The van der Waals surface area contributed by atoms with Crippen molar-refractivity contribution < 1.29 is 13.2 Å². The molecule has 0 saturated heterocycles. The van der Waals surface area contributed by atoms with Gasteiger partial charge in [0.15, 0.2) is 0 Å². The molecule has 1 aromatic carbocycles. The number of amides is 1. The van der Waals surface area contributed by atoms with Crippen LogP contribution in [-0.2, 0) is 10.0 Å². The molecular weight excluding hydrogens is 240 g/mol. The van der Waals surface area contributed by atoms with Crippen molar-refractivity contribution in [1.29, 1.82) is 0 Å². The van der Waals surface area contributed by atoms with Gasteiger partial charge in [0.2, 0.25) is 10.0 Å². The van der Waals surface area contributed by atoms with Gasteiger partial charge in [0.1, 0.15) is 0 Å². The summed E-state index contributed by atoms with van der Waals surface area (Å²) in [5, 5.41) is 2.51. The summed E-state index contributed by atoms with van der Waals surface area (Å²) in [6, 6.07) is 4.82. The Morgan fingerprint density at radius 2 is 2.00 bits per heavy atom. The maximum atomic E-state index is 11.4. The molecule has 1 aromatic rings. The number of anilines is 1. The van der Waals surface area contributed by atoms with Crippen LogP contribution in [-0.4, -0.2) is 27.1 Å². The molecule has 0 spiro atoms. The Bertz CT molecular complexity index is 524. The number of hydrogen-bond donors (Lipinski definition) is 2. The monoisotopic (exact) mass is 256 g/mol. The third-order valence-electron chi connectivity index (χ3n) is 2.36. The first kappa shape index (κ1) is 13.5. The van der Waals surface area contributed by atoms with Crippen molar-refractivity contribution >= 4 is 21.6 Å². The summed E-state index contributed by atoms with van der Waals surface area (Å²) in [7, 11) is -1.74. The average Bonchev–Trinajstić information content (AvgIpc) is 2.30. The van der Waals surface area contributed by atoms with Crippen molar-refractivity contribution in [1.82, 2.24) is 5.32 Å². The predicted molar refractivity (Wildman–Crippen MR) is 67.7 cm³/mol. The lowest BCUT2D eigenvalue weighted by Gasteiger charge is -2.10. The largest absolute Gasteiger partial charge is 0.355 e. The topological polar surface area (TPSA) is 75.3 Å². The molecule has 1 amide bonds. The first-order chi connectivity index (χ1) is 7.89. The maximum Gasteiger partial charge on any atom is 0.251 e. The minimum atomic E-state index is -3.28. The molecule has 6 heteroatoms. The zero-order valence-corrected chi connectivity index (χ0v) is 10.9. The summed E-state index contributed by atoms with van der Waals surface area (Å²) < 4.78 is 25.3. The fraction of sp³-hybridized carbons (Fsp3) is 0.364. The molecule has 0 aliphatic carbocycles. The molecule has 94 valence electrons. The molecule has 0 heterocycles. The fourth-order valence-corrected chi connectivity index (χ4v) is 2.01. The summed E-state index contributed by atoms with van der Waals surface area (Å²) in [5.74, 6) is -0.179. The summed E-state index contributed by atoms with van der Waals surface area (Å²) >= 11 is 0. The van der Waals surface area contributed by atoms with E-state index in [0.29, 0.717) is 16.8 Å². The third kappa shape index (κ3) is 3.45. The van der Waals surface area contributed by atoms with Crippen molar-refractivity contribution in [3.05, 3.63) is 29.3 Å². The summed E-state index contributed by atoms with van der Waals surface area (Å²) in [5.41, 5.74) is 1.71. The first-order valence-electron chi connectivity index (χ1n) is 5.23. The van der Waals surface area contributed by atoms with Gasteiger partial charge in [-0.1, -0.05) is 0 Å². The number of aryl methyl sites for hydroxylation is 1. The van der Waals surface area contributed by atoms with Crippen molar-refractivity contribution in [3.8, 4) is 0 Å². The lowest BCUT2D eigenvalue weighted by atomic mass is 10.1. The molecule has 0 radical (unpaired) electrons. The molecule has 0 fully saturated rings. The van der Waals surface area contributed by atoms with Crippen LogP contribution in [0.2, 0.25) is 0 Å². The second-order valence-corrected chi connectivity index (χ2v) is 5.63. The van der Waals surface area contributed by atoms with Gasteiger partial charge in [0, 0.05) is 12.6 Å². The van der Waals surface area contributed by atoms with E-state index in [9.17, 15) is 13.2 Å². The van der Waals surface area contributed by atoms with Crippen molar-refractivity contribution in [2.45, 2.75) is 13.8 Å². The number of benzene rings is 1. The molecule has 0 aliphatic heterocycles. The van der Waals surface area contributed by atoms with Crippen molar-refractivity contribution in [2.75, 3.05) is 17.5 Å². The van der Waals surface area contributed by atoms with Crippen LogP contribution in [0.1, 0.15) is 22.8 Å². The van der Waals surface area contributed by atoms with Gasteiger partial charge in [-0.2, -0.15) is 0 Å². The molecule has 5 nitrogen and oxygen atoms in total. The molecule has 2 N–H and O–H groups in total. The SMILES string of the molecule is CCS(=O)(=O)Nc1ccc(C(=O)NC)cc1C. The Morgan fingerprint density at radius 1 is 1.35 bits per heavy atom. The highest BCUT2D eigenvalue weighted by Crippen LogP contribution is 2.17. The highest BCUT2D eigenvalue weighted by atomic mass is 32.2. The van der Waals surface area contributed by atoms with Crippen LogP contribution < -0.4 is 10.0 Å². The molecule has 0 bridgehead atoms. The third-order valence-corrected chi connectivity index (χ3v) is 3.65. The second kappa shape index (κ2) is 5.18. The van der Waals surface area contributed by atoms with E-state index in [1.54, 1.807) is 39.1 Å². The molecule has 0 aliphatic rings. The standard InChI is InChI=1S/C11H16N2O3S/c1-4-17(15,16)13-10-6-5-9(7-8(10)2)11(14)12-3/h5-7,13H,4H2,1-3H3,(H,12,14). The Kier molecular flexibility index (Phi) is 4.11. The van der Waals surface area contributed by atoms with Gasteiger partial charge in [-0.05, 0) is 37.6 Å². The molecular formula is C11H16N2O3S. The maximum absolute atomic E-state index is 11.4. The number of carbonyl (C=O) groups is 1. The normalized spacial score (nSPS) is 11.0. The second-order valence-electron chi connectivity index (χ2n) is 3.61. The molecule has 1 rings (SSSR count). The minimum absolute atomic E-state index is 0.0175. The van der Waals surface area contributed by atoms with E-state index in [0.717, 1.165) is 0 Å². The minimum Gasteiger partial charge on any atom is -0.355 e. The molecule has 0 unspecified atom stereocenters. The average molecular weight is 256 g/mol. The van der Waals surface area contributed by atoms with Crippen LogP contribution in [0.3, 0.4) is 0 Å². The predicted octanol–water partition coefficient (Wildman–Crippen LogP) is 1.12. The zero-order chi connectivity index (χ0) is 13.1. The zero-order valence-electron chi connectivity index (χ0n) is 10.1. The van der Waals surface area contributed by atoms with E-state index in [-0.39, 0.29) is 11.7 Å². The fourth-order valence-electron chi connectivity index (χ4n) is 1.30. The molecule has 0 atom stereocenters. The van der Waals surface area contributed by atoms with Crippen LogP contribution >= 0.6 is 0 Å². The van der Waals surface area contributed by atoms with E-state index in [2.05, 4.69) is 10.0 Å². The number of rotatable bonds is 4. The van der Waals surface area contributed by atoms with Crippen molar-refractivity contribution in [3.63, 3.8) is 0 Å². The highest BCUT2D eigenvalue weighted by molar-refractivity contribution is 7.92. The number of sulfonamides is 1. The Morgan fingerprint density at radius 3 is 2.47 bits per heavy atom. The molecule has 0 aromatic heterocycles. The Labute approximate surface area is 101 Å². The van der Waals surface area contributed by atoms with E-state index in [4.69, 9.17) is 0 Å². The van der Waals surface area contributed by atoms with E-state index in [1.807, 2.05) is 0 Å². The molecule has 17 heavy (non-hydrogen) atoms. The van der Waals surface area contributed by atoms with E-state index in [1.165, 1.54) is 0 Å².